The van der Waals surface area contributed by atoms with Gasteiger partial charge >= 0.3 is 5.97 Å². The Morgan fingerprint density at radius 2 is 1.87 bits per heavy atom. The fourth-order valence-corrected chi connectivity index (χ4v) is 4.26. The topological polar surface area (TPSA) is 76.0 Å². The molecule has 0 aliphatic carbocycles. The number of halogens is 1. The molecule has 0 unspecified atom stereocenters. The predicted octanol–water partition coefficient (Wildman–Crippen LogP) is 5.25. The second kappa shape index (κ2) is 8.77. The van der Waals surface area contributed by atoms with Gasteiger partial charge in [0.1, 0.15) is 5.01 Å². The van der Waals surface area contributed by atoms with E-state index in [1.54, 1.807) is 18.7 Å². The maximum absolute atomic E-state index is 12.0. The summed E-state index contributed by atoms with van der Waals surface area (Å²) in [5.74, 6) is -0.995. The first-order valence-corrected chi connectivity index (χ1v) is 10.4. The molecule has 3 aromatic carbocycles. The van der Waals surface area contributed by atoms with Gasteiger partial charge in [-0.2, -0.15) is 5.48 Å². The average Bonchev–Trinajstić information content (AvgIpc) is 3.24. The fraction of sp³-hybridized carbons (Fsp3) is 0.0435. The Hall–Kier alpha value is -3.03. The number of carbonyl (C=O) groups is 1. The van der Waals surface area contributed by atoms with Crippen molar-refractivity contribution in [2.45, 2.75) is 0 Å². The predicted molar refractivity (Wildman–Crippen MR) is 119 cm³/mol. The minimum atomic E-state index is -0.995. The number of benzene rings is 3. The van der Waals surface area contributed by atoms with Crippen molar-refractivity contribution in [2.24, 2.45) is 0 Å². The number of nitrogens with zero attached hydrogens (tertiary/aromatic N) is 1. The molecule has 1 aromatic heterocycles. The molecule has 5 nitrogen and oxygen atoms in total. The lowest BCUT2D eigenvalue weighted by Gasteiger charge is -2.10. The molecule has 3 N–H and O–H groups in total. The number of carboxylic acid groups (broad SMARTS) is 1. The van der Waals surface area contributed by atoms with Crippen molar-refractivity contribution in [3.63, 3.8) is 0 Å². The highest BCUT2D eigenvalue weighted by atomic mass is 35.5. The largest absolute Gasteiger partial charge is 0.478 e. The molecule has 0 saturated carbocycles. The van der Waals surface area contributed by atoms with E-state index in [9.17, 15) is 9.90 Å². The summed E-state index contributed by atoms with van der Waals surface area (Å²) in [5, 5.41) is 13.2. The van der Waals surface area contributed by atoms with Gasteiger partial charge in [0.2, 0.25) is 0 Å². The van der Waals surface area contributed by atoms with E-state index < -0.39 is 5.97 Å². The first-order chi connectivity index (χ1) is 14.6. The third-order valence-corrected chi connectivity index (χ3v) is 5.74. The molecule has 0 bridgehead atoms. The van der Waals surface area contributed by atoms with Gasteiger partial charge in [-0.05, 0) is 24.3 Å². The lowest BCUT2D eigenvalue weighted by molar-refractivity contribution is -0.829. The lowest BCUT2D eigenvalue weighted by atomic mass is 9.96. The lowest BCUT2D eigenvalue weighted by Crippen LogP contribution is -2.76. The highest BCUT2D eigenvalue weighted by Crippen LogP contribution is 2.34. The Labute approximate surface area is 182 Å². The molecule has 7 heteroatoms. The van der Waals surface area contributed by atoms with Gasteiger partial charge in [0.15, 0.2) is 5.69 Å². The van der Waals surface area contributed by atoms with Crippen LogP contribution in [-0.4, -0.2) is 23.2 Å². The monoisotopic (exact) mass is 437 g/mol. The molecule has 0 aliphatic heterocycles. The molecule has 0 saturated heterocycles. The van der Waals surface area contributed by atoms with Crippen LogP contribution in [0, 0.1) is 0 Å². The molecule has 4 aromatic rings. The first kappa shape index (κ1) is 20.3. The second-order valence-electron chi connectivity index (χ2n) is 6.55. The van der Waals surface area contributed by atoms with Gasteiger partial charge in [-0.15, -0.1) is 11.3 Å². The number of carboxylic acids is 1. The molecule has 30 heavy (non-hydrogen) atoms. The van der Waals surface area contributed by atoms with E-state index in [4.69, 9.17) is 16.4 Å². The van der Waals surface area contributed by atoms with Crippen LogP contribution in [-0.2, 0) is 4.84 Å². The van der Waals surface area contributed by atoms with Crippen LogP contribution in [0.1, 0.15) is 10.4 Å². The zero-order valence-electron chi connectivity index (χ0n) is 16.0. The molecule has 0 spiro atoms. The summed E-state index contributed by atoms with van der Waals surface area (Å²) in [6.07, 6.45) is 0. The normalized spacial score (nSPS) is 10.9. The van der Waals surface area contributed by atoms with E-state index >= 15 is 0 Å². The van der Waals surface area contributed by atoms with Gasteiger partial charge in [-0.1, -0.05) is 48.0 Å². The highest BCUT2D eigenvalue weighted by molar-refractivity contribution is 7.13. The third-order valence-electron chi connectivity index (χ3n) is 4.62. The zero-order chi connectivity index (χ0) is 21.1. The summed E-state index contributed by atoms with van der Waals surface area (Å²) in [7, 11) is 1.57. The molecule has 4 rings (SSSR count). The van der Waals surface area contributed by atoms with Crippen molar-refractivity contribution in [1.29, 1.82) is 0 Å². The number of aromatic carboxylic acids is 1. The molecular formula is C23H18ClN2O3S+. The minimum absolute atomic E-state index is 0.212. The van der Waals surface area contributed by atoms with Gasteiger partial charge in [0.25, 0.3) is 0 Å². The number of hydrogen-bond donors (Lipinski definition) is 2. The van der Waals surface area contributed by atoms with Crippen molar-refractivity contribution in [1.82, 2.24) is 4.98 Å². The second-order valence-corrected chi connectivity index (χ2v) is 7.85. The first-order valence-electron chi connectivity index (χ1n) is 9.11. The molecule has 0 radical (unpaired) electrons. The van der Waals surface area contributed by atoms with Crippen LogP contribution in [0.3, 0.4) is 0 Å². The molecular weight excluding hydrogens is 420 g/mol. The van der Waals surface area contributed by atoms with Crippen molar-refractivity contribution >= 4 is 34.6 Å². The van der Waals surface area contributed by atoms with Crippen LogP contribution in [0.5, 0.6) is 0 Å². The van der Waals surface area contributed by atoms with E-state index in [0.29, 0.717) is 10.6 Å². The molecule has 0 amide bonds. The zero-order valence-corrected chi connectivity index (χ0v) is 17.6. The van der Waals surface area contributed by atoms with Crippen molar-refractivity contribution in [3.8, 4) is 33.0 Å². The molecule has 0 aliphatic rings. The number of nitrogens with two attached hydrogens (primary N) is 1. The summed E-state index contributed by atoms with van der Waals surface area (Å²) >= 11 is 7.55. The van der Waals surface area contributed by atoms with Crippen molar-refractivity contribution in [2.75, 3.05) is 7.11 Å². The van der Waals surface area contributed by atoms with Gasteiger partial charge in [0.05, 0.1) is 18.4 Å². The summed E-state index contributed by atoms with van der Waals surface area (Å²) in [5.41, 5.74) is 6.53. The number of hydrogen-bond acceptors (Lipinski definition) is 4. The van der Waals surface area contributed by atoms with Gasteiger partial charge in [-0.25, -0.2) is 14.6 Å². The maximum atomic E-state index is 12.0. The van der Waals surface area contributed by atoms with E-state index in [0.717, 1.165) is 33.1 Å². The van der Waals surface area contributed by atoms with E-state index in [1.165, 1.54) is 11.3 Å². The number of aromatic nitrogens is 1. The summed E-state index contributed by atoms with van der Waals surface area (Å²) in [6, 6.07) is 20.4. The standard InChI is InChI=1S/C23H17ClN2O3S/c1-29-26-20-8-3-2-7-18(20)17-10-9-15(12-19(17)23(27)28)22-25-21(13-30-22)14-5-4-6-16(24)11-14/h2-13,26H,1H3,(H,27,28)/p+1. The van der Waals surface area contributed by atoms with Crippen LogP contribution in [0.2, 0.25) is 5.02 Å². The Balaban J connectivity index is 1.76. The smallest absolute Gasteiger partial charge is 0.336 e. The highest BCUT2D eigenvalue weighted by Gasteiger charge is 2.18. The quantitative estimate of drug-likeness (QED) is 0.319. The summed E-state index contributed by atoms with van der Waals surface area (Å²) in [6.45, 7) is 0. The van der Waals surface area contributed by atoms with Crippen molar-refractivity contribution in [3.05, 3.63) is 82.7 Å². The Bertz CT molecular complexity index is 1220. The van der Waals surface area contributed by atoms with Gasteiger partial charge < -0.3 is 5.11 Å². The third kappa shape index (κ3) is 4.13. The SMILES string of the molecule is CO[NH2+]c1ccccc1-c1ccc(-c2nc(-c3cccc(Cl)c3)cs2)cc1C(=O)O. The van der Waals surface area contributed by atoms with Crippen LogP contribution in [0.15, 0.2) is 72.1 Å². The maximum Gasteiger partial charge on any atom is 0.336 e. The number of rotatable bonds is 6. The van der Waals surface area contributed by atoms with Crippen LogP contribution >= 0.6 is 22.9 Å². The average molecular weight is 438 g/mol. The Kier molecular flexibility index (Phi) is 5.92. The molecule has 150 valence electrons. The summed E-state index contributed by atoms with van der Waals surface area (Å²) in [4.78, 5) is 21.9. The summed E-state index contributed by atoms with van der Waals surface area (Å²) < 4.78 is 0. The van der Waals surface area contributed by atoms with E-state index in [-0.39, 0.29) is 5.56 Å². The Morgan fingerprint density at radius 3 is 2.63 bits per heavy atom. The van der Waals surface area contributed by atoms with Gasteiger partial charge in [0, 0.05) is 38.7 Å². The Morgan fingerprint density at radius 1 is 1.03 bits per heavy atom. The number of thiazole rings is 1. The fourth-order valence-electron chi connectivity index (χ4n) is 3.25. The minimum Gasteiger partial charge on any atom is -0.478 e. The van der Waals surface area contributed by atoms with Gasteiger partial charge in [-0.3, -0.25) is 0 Å². The van der Waals surface area contributed by atoms with Crippen molar-refractivity contribution < 1.29 is 20.2 Å². The van der Waals surface area contributed by atoms with Crippen LogP contribution < -0.4 is 5.48 Å². The van der Waals surface area contributed by atoms with Crippen LogP contribution in [0.25, 0.3) is 33.0 Å². The molecule has 0 fully saturated rings. The molecule has 1 heterocycles. The number of quaternary nitrogens is 1. The molecule has 0 atom stereocenters. The van der Waals surface area contributed by atoms with E-state index in [1.807, 2.05) is 66.0 Å². The van der Waals surface area contributed by atoms with E-state index in [2.05, 4.69) is 4.98 Å². The van der Waals surface area contributed by atoms with Crippen LogP contribution in [0.4, 0.5) is 5.69 Å².